The Hall–Kier alpha value is -1.35. The van der Waals surface area contributed by atoms with Gasteiger partial charge in [0.2, 0.25) is 0 Å². The minimum atomic E-state index is -0.787. The summed E-state index contributed by atoms with van der Waals surface area (Å²) in [6, 6.07) is 7.00. The maximum Gasteiger partial charge on any atom is 0.161 e. The maximum absolute atomic E-state index is 11.6. The summed E-state index contributed by atoms with van der Waals surface area (Å²) in [6.45, 7) is 2.04. The van der Waals surface area contributed by atoms with Gasteiger partial charge in [0.15, 0.2) is 5.78 Å². The van der Waals surface area contributed by atoms with Crippen molar-refractivity contribution in [2.24, 2.45) is 0 Å². The first-order valence-corrected chi connectivity index (χ1v) is 6.62. The standard InChI is InChI=1S/C15H22O3/c1-2-3-6-14(17)15(18)7-4-5-12-8-10-13(16)11-9-12/h8-11,14,16-17H,2-7H2,1H3. The molecule has 0 amide bonds. The molecular weight excluding hydrogens is 228 g/mol. The quantitative estimate of drug-likeness (QED) is 0.746. The number of aromatic hydroxyl groups is 1. The number of rotatable bonds is 8. The second-order valence-electron chi connectivity index (χ2n) is 4.64. The van der Waals surface area contributed by atoms with Gasteiger partial charge in [0.25, 0.3) is 0 Å². The van der Waals surface area contributed by atoms with Gasteiger partial charge in [-0.05, 0) is 37.0 Å². The summed E-state index contributed by atoms with van der Waals surface area (Å²) in [7, 11) is 0. The molecule has 3 nitrogen and oxygen atoms in total. The lowest BCUT2D eigenvalue weighted by Crippen LogP contribution is -2.20. The normalized spacial score (nSPS) is 12.3. The molecule has 0 radical (unpaired) electrons. The summed E-state index contributed by atoms with van der Waals surface area (Å²) in [5.74, 6) is 0.201. The first kappa shape index (κ1) is 14.7. The van der Waals surface area contributed by atoms with Crippen molar-refractivity contribution in [3.8, 4) is 5.75 Å². The highest BCUT2D eigenvalue weighted by Gasteiger charge is 2.13. The van der Waals surface area contributed by atoms with Crippen molar-refractivity contribution < 1.29 is 15.0 Å². The van der Waals surface area contributed by atoms with E-state index < -0.39 is 6.10 Å². The van der Waals surface area contributed by atoms with Gasteiger partial charge in [-0.15, -0.1) is 0 Å². The minimum absolute atomic E-state index is 0.0535. The molecule has 2 N–H and O–H groups in total. The van der Waals surface area contributed by atoms with Crippen LogP contribution < -0.4 is 0 Å². The zero-order chi connectivity index (χ0) is 13.4. The van der Waals surface area contributed by atoms with Crippen LogP contribution in [0.5, 0.6) is 5.75 Å². The predicted octanol–water partition coefficient (Wildman–Crippen LogP) is 2.84. The van der Waals surface area contributed by atoms with Gasteiger partial charge >= 0.3 is 0 Å². The number of phenols is 1. The number of unbranched alkanes of at least 4 members (excludes halogenated alkanes) is 1. The fraction of sp³-hybridized carbons (Fsp3) is 0.533. The third-order valence-corrected chi connectivity index (χ3v) is 3.03. The molecule has 1 atom stereocenters. The van der Waals surface area contributed by atoms with Crippen molar-refractivity contribution in [1.82, 2.24) is 0 Å². The van der Waals surface area contributed by atoms with E-state index in [4.69, 9.17) is 5.11 Å². The number of ketones is 1. The zero-order valence-corrected chi connectivity index (χ0v) is 10.9. The third kappa shape index (κ3) is 5.32. The van der Waals surface area contributed by atoms with Crippen molar-refractivity contribution in [2.45, 2.75) is 51.6 Å². The van der Waals surface area contributed by atoms with Crippen LogP contribution in [0.4, 0.5) is 0 Å². The fourth-order valence-electron chi connectivity index (χ4n) is 1.85. The maximum atomic E-state index is 11.6. The van der Waals surface area contributed by atoms with Gasteiger partial charge in [0, 0.05) is 6.42 Å². The van der Waals surface area contributed by atoms with Crippen molar-refractivity contribution in [3.05, 3.63) is 29.8 Å². The summed E-state index contributed by atoms with van der Waals surface area (Å²) in [5, 5.41) is 18.7. The number of hydrogen-bond acceptors (Lipinski definition) is 3. The van der Waals surface area contributed by atoms with Gasteiger partial charge < -0.3 is 10.2 Å². The van der Waals surface area contributed by atoms with E-state index >= 15 is 0 Å². The van der Waals surface area contributed by atoms with E-state index in [9.17, 15) is 9.90 Å². The molecular formula is C15H22O3. The molecule has 0 aliphatic carbocycles. The number of hydrogen-bond donors (Lipinski definition) is 2. The summed E-state index contributed by atoms with van der Waals surface area (Å²) in [6.07, 6.45) is 3.65. The summed E-state index contributed by atoms with van der Waals surface area (Å²) in [5.41, 5.74) is 1.10. The monoisotopic (exact) mass is 250 g/mol. The number of aliphatic hydroxyl groups excluding tert-OH is 1. The number of aliphatic hydroxyl groups is 1. The molecule has 18 heavy (non-hydrogen) atoms. The predicted molar refractivity (Wildman–Crippen MR) is 71.6 cm³/mol. The van der Waals surface area contributed by atoms with E-state index in [-0.39, 0.29) is 11.5 Å². The highest BCUT2D eigenvalue weighted by molar-refractivity contribution is 5.82. The van der Waals surface area contributed by atoms with Gasteiger partial charge in [0.05, 0.1) is 0 Å². The Morgan fingerprint density at radius 1 is 1.22 bits per heavy atom. The Kier molecular flexibility index (Phi) is 6.44. The third-order valence-electron chi connectivity index (χ3n) is 3.03. The van der Waals surface area contributed by atoms with Crippen LogP contribution in [0.3, 0.4) is 0 Å². The van der Waals surface area contributed by atoms with E-state index in [0.29, 0.717) is 12.8 Å². The van der Waals surface area contributed by atoms with Crippen LogP contribution in [0, 0.1) is 0 Å². The van der Waals surface area contributed by atoms with Crippen LogP contribution in [-0.4, -0.2) is 22.1 Å². The molecule has 0 saturated heterocycles. The molecule has 0 fully saturated rings. The molecule has 0 spiro atoms. The molecule has 0 aliphatic rings. The number of benzene rings is 1. The van der Waals surface area contributed by atoms with Crippen molar-refractivity contribution in [3.63, 3.8) is 0 Å². The fourth-order valence-corrected chi connectivity index (χ4v) is 1.85. The largest absolute Gasteiger partial charge is 0.508 e. The highest BCUT2D eigenvalue weighted by Crippen LogP contribution is 2.13. The lowest BCUT2D eigenvalue weighted by Gasteiger charge is -2.08. The van der Waals surface area contributed by atoms with Gasteiger partial charge in [0.1, 0.15) is 11.9 Å². The topological polar surface area (TPSA) is 57.5 Å². The molecule has 1 rings (SSSR count). The summed E-state index contributed by atoms with van der Waals surface area (Å²) >= 11 is 0. The molecule has 0 aliphatic heterocycles. The van der Waals surface area contributed by atoms with Crippen LogP contribution in [0.15, 0.2) is 24.3 Å². The van der Waals surface area contributed by atoms with Gasteiger partial charge in [-0.2, -0.15) is 0 Å². The van der Waals surface area contributed by atoms with Crippen molar-refractivity contribution in [2.75, 3.05) is 0 Å². The minimum Gasteiger partial charge on any atom is -0.508 e. The van der Waals surface area contributed by atoms with Crippen LogP contribution in [0.1, 0.15) is 44.6 Å². The van der Waals surface area contributed by atoms with E-state index in [0.717, 1.165) is 31.2 Å². The zero-order valence-electron chi connectivity index (χ0n) is 10.9. The molecule has 3 heteroatoms. The van der Waals surface area contributed by atoms with Gasteiger partial charge in [-0.1, -0.05) is 31.9 Å². The van der Waals surface area contributed by atoms with E-state index in [1.807, 2.05) is 19.1 Å². The molecule has 1 aromatic carbocycles. The van der Waals surface area contributed by atoms with Crippen molar-refractivity contribution in [1.29, 1.82) is 0 Å². The van der Waals surface area contributed by atoms with Gasteiger partial charge in [-0.25, -0.2) is 0 Å². The second-order valence-corrected chi connectivity index (χ2v) is 4.64. The summed E-state index contributed by atoms with van der Waals surface area (Å²) < 4.78 is 0. The van der Waals surface area contributed by atoms with Gasteiger partial charge in [-0.3, -0.25) is 4.79 Å². The van der Waals surface area contributed by atoms with E-state index in [1.165, 1.54) is 0 Å². The first-order chi connectivity index (χ1) is 8.63. The van der Waals surface area contributed by atoms with E-state index in [1.54, 1.807) is 12.1 Å². The molecule has 1 unspecified atom stereocenters. The number of Topliss-reactive ketones (excluding diaryl/α,β-unsaturated/α-hetero) is 1. The molecule has 0 aromatic heterocycles. The van der Waals surface area contributed by atoms with Crippen LogP contribution in [0.25, 0.3) is 0 Å². The number of aryl methyl sites for hydroxylation is 1. The Morgan fingerprint density at radius 3 is 2.50 bits per heavy atom. The Labute approximate surface area is 108 Å². The molecule has 1 aromatic rings. The Balaban J connectivity index is 2.24. The first-order valence-electron chi connectivity index (χ1n) is 6.62. The van der Waals surface area contributed by atoms with Crippen LogP contribution in [-0.2, 0) is 11.2 Å². The summed E-state index contributed by atoms with van der Waals surface area (Å²) in [4.78, 5) is 11.6. The number of carbonyl (C=O) groups is 1. The smallest absolute Gasteiger partial charge is 0.161 e. The van der Waals surface area contributed by atoms with Crippen molar-refractivity contribution >= 4 is 5.78 Å². The molecule has 0 saturated carbocycles. The Bertz CT molecular complexity index is 357. The lowest BCUT2D eigenvalue weighted by atomic mass is 10.0. The molecule has 0 heterocycles. The van der Waals surface area contributed by atoms with Crippen LogP contribution >= 0.6 is 0 Å². The molecule has 0 bridgehead atoms. The van der Waals surface area contributed by atoms with Crippen LogP contribution in [0.2, 0.25) is 0 Å². The number of carbonyl (C=O) groups excluding carboxylic acids is 1. The highest BCUT2D eigenvalue weighted by atomic mass is 16.3. The second kappa shape index (κ2) is 7.88. The Morgan fingerprint density at radius 2 is 1.89 bits per heavy atom. The average Bonchev–Trinajstić information content (AvgIpc) is 2.38. The average molecular weight is 250 g/mol. The molecule has 100 valence electrons. The van der Waals surface area contributed by atoms with E-state index in [2.05, 4.69) is 0 Å². The number of phenolic OH excluding ortho intramolecular Hbond substituents is 1. The lowest BCUT2D eigenvalue weighted by molar-refractivity contribution is -0.127. The SMILES string of the molecule is CCCCC(O)C(=O)CCCc1ccc(O)cc1.